The lowest BCUT2D eigenvalue weighted by molar-refractivity contribution is -0.120. The Morgan fingerprint density at radius 3 is 2.61 bits per heavy atom. The third-order valence-electron chi connectivity index (χ3n) is 4.14. The van der Waals surface area contributed by atoms with Gasteiger partial charge in [0.1, 0.15) is 0 Å². The van der Waals surface area contributed by atoms with E-state index in [1.807, 2.05) is 0 Å². The Labute approximate surface area is 110 Å². The molecule has 0 bridgehead atoms. The van der Waals surface area contributed by atoms with Gasteiger partial charge >= 0.3 is 0 Å². The van der Waals surface area contributed by atoms with Crippen molar-refractivity contribution in [1.29, 1.82) is 0 Å². The highest BCUT2D eigenvalue weighted by molar-refractivity contribution is 5.75. The van der Waals surface area contributed by atoms with Gasteiger partial charge in [0.05, 0.1) is 0 Å². The van der Waals surface area contributed by atoms with Crippen LogP contribution < -0.4 is 10.6 Å². The number of nitrogens with zero attached hydrogens (tertiary/aromatic N) is 1. The van der Waals surface area contributed by atoms with Crippen molar-refractivity contribution < 1.29 is 4.79 Å². The summed E-state index contributed by atoms with van der Waals surface area (Å²) < 4.78 is 0. The molecule has 2 aliphatic rings. The third kappa shape index (κ3) is 4.58. The van der Waals surface area contributed by atoms with Crippen molar-refractivity contribution in [3.8, 4) is 0 Å². The van der Waals surface area contributed by atoms with Gasteiger partial charge < -0.3 is 15.5 Å². The van der Waals surface area contributed by atoms with Crippen LogP contribution in [0.5, 0.6) is 0 Å². The summed E-state index contributed by atoms with van der Waals surface area (Å²) in [6, 6.07) is 0.824. The molecule has 2 rings (SSSR count). The number of carbonyl (C=O) groups excluding carboxylic acids is 1. The summed E-state index contributed by atoms with van der Waals surface area (Å²) in [5, 5.41) is 6.13. The van der Waals surface area contributed by atoms with Gasteiger partial charge in [-0.2, -0.15) is 0 Å². The zero-order chi connectivity index (χ0) is 12.8. The van der Waals surface area contributed by atoms with Gasteiger partial charge in [0.25, 0.3) is 0 Å². The monoisotopic (exact) mass is 253 g/mol. The molecule has 4 nitrogen and oxygen atoms in total. The van der Waals surface area contributed by atoms with Crippen molar-refractivity contribution in [2.45, 2.75) is 44.6 Å². The van der Waals surface area contributed by atoms with Gasteiger partial charge in [0.15, 0.2) is 0 Å². The summed E-state index contributed by atoms with van der Waals surface area (Å²) in [7, 11) is 1.72. The standard InChI is InChI=1S/C14H27N3O/c1-15-14(18)3-2-10-17(13-4-5-13)11-12-6-8-16-9-7-12/h12-13,16H,2-11H2,1H3,(H,15,18). The normalized spacial score (nSPS) is 21.2. The second-order valence-electron chi connectivity index (χ2n) is 5.70. The fourth-order valence-corrected chi connectivity index (χ4v) is 2.83. The molecule has 0 spiro atoms. The second kappa shape index (κ2) is 7.10. The number of hydrogen-bond acceptors (Lipinski definition) is 3. The Kier molecular flexibility index (Phi) is 5.45. The zero-order valence-electron chi connectivity index (χ0n) is 11.6. The van der Waals surface area contributed by atoms with Gasteiger partial charge in [-0.25, -0.2) is 0 Å². The first-order valence-electron chi connectivity index (χ1n) is 7.45. The van der Waals surface area contributed by atoms with Crippen LogP contribution in [0.1, 0.15) is 38.5 Å². The molecule has 1 amide bonds. The molecule has 1 saturated heterocycles. The van der Waals surface area contributed by atoms with E-state index in [0.29, 0.717) is 6.42 Å². The minimum absolute atomic E-state index is 0.174. The van der Waals surface area contributed by atoms with Crippen LogP contribution in [-0.2, 0) is 4.79 Å². The lowest BCUT2D eigenvalue weighted by Gasteiger charge is -2.30. The Hall–Kier alpha value is -0.610. The van der Waals surface area contributed by atoms with Crippen LogP contribution in [0, 0.1) is 5.92 Å². The minimum atomic E-state index is 0.174. The van der Waals surface area contributed by atoms with E-state index in [0.717, 1.165) is 24.9 Å². The molecule has 0 aromatic carbocycles. The van der Waals surface area contributed by atoms with Crippen LogP contribution >= 0.6 is 0 Å². The van der Waals surface area contributed by atoms with E-state index < -0.39 is 0 Å². The molecule has 2 fully saturated rings. The maximum atomic E-state index is 11.2. The lowest BCUT2D eigenvalue weighted by atomic mass is 9.97. The van der Waals surface area contributed by atoms with Crippen LogP contribution in [-0.4, -0.2) is 50.1 Å². The van der Waals surface area contributed by atoms with Crippen molar-refractivity contribution in [3.05, 3.63) is 0 Å². The summed E-state index contributed by atoms with van der Waals surface area (Å²) in [5.41, 5.74) is 0. The van der Waals surface area contributed by atoms with E-state index in [1.165, 1.54) is 45.3 Å². The molecular formula is C14H27N3O. The third-order valence-corrected chi connectivity index (χ3v) is 4.14. The molecule has 1 aliphatic carbocycles. The summed E-state index contributed by atoms with van der Waals surface area (Å²) in [4.78, 5) is 13.9. The summed E-state index contributed by atoms with van der Waals surface area (Å²) in [6.45, 7) is 4.71. The van der Waals surface area contributed by atoms with Crippen molar-refractivity contribution in [3.63, 3.8) is 0 Å². The molecule has 1 aliphatic heterocycles. The molecule has 1 saturated carbocycles. The lowest BCUT2D eigenvalue weighted by Crippen LogP contribution is -2.38. The largest absolute Gasteiger partial charge is 0.359 e. The molecule has 0 aromatic heterocycles. The molecule has 1 heterocycles. The predicted molar refractivity (Wildman–Crippen MR) is 73.5 cm³/mol. The van der Waals surface area contributed by atoms with Gasteiger partial charge in [-0.1, -0.05) is 0 Å². The Balaban J connectivity index is 1.68. The van der Waals surface area contributed by atoms with Gasteiger partial charge in [-0.05, 0) is 57.7 Å². The van der Waals surface area contributed by atoms with Gasteiger partial charge in [-0.15, -0.1) is 0 Å². The first-order valence-corrected chi connectivity index (χ1v) is 7.45. The number of amides is 1. The predicted octanol–water partition coefficient (Wildman–Crippen LogP) is 0.977. The van der Waals surface area contributed by atoms with Crippen LogP contribution in [0.15, 0.2) is 0 Å². The van der Waals surface area contributed by atoms with Crippen molar-refractivity contribution in [2.24, 2.45) is 5.92 Å². The van der Waals surface area contributed by atoms with E-state index in [-0.39, 0.29) is 5.91 Å². The van der Waals surface area contributed by atoms with E-state index in [2.05, 4.69) is 15.5 Å². The maximum Gasteiger partial charge on any atom is 0.219 e. The fourth-order valence-electron chi connectivity index (χ4n) is 2.83. The van der Waals surface area contributed by atoms with Crippen LogP contribution in [0.2, 0.25) is 0 Å². The van der Waals surface area contributed by atoms with Gasteiger partial charge in [-0.3, -0.25) is 4.79 Å². The number of piperidine rings is 1. The number of hydrogen-bond donors (Lipinski definition) is 2. The zero-order valence-corrected chi connectivity index (χ0v) is 11.6. The summed E-state index contributed by atoms with van der Waals surface area (Å²) in [5.74, 6) is 1.04. The summed E-state index contributed by atoms with van der Waals surface area (Å²) >= 11 is 0. The van der Waals surface area contributed by atoms with Gasteiger partial charge in [0.2, 0.25) is 5.91 Å². The second-order valence-corrected chi connectivity index (χ2v) is 5.70. The van der Waals surface area contributed by atoms with Crippen molar-refractivity contribution in [1.82, 2.24) is 15.5 Å². The topological polar surface area (TPSA) is 44.4 Å². The molecular weight excluding hydrogens is 226 g/mol. The molecule has 0 unspecified atom stereocenters. The van der Waals surface area contributed by atoms with Crippen molar-refractivity contribution in [2.75, 3.05) is 33.2 Å². The molecule has 0 aromatic rings. The number of rotatable bonds is 7. The first-order chi connectivity index (χ1) is 8.79. The van der Waals surface area contributed by atoms with Crippen LogP contribution in [0.25, 0.3) is 0 Å². The molecule has 2 N–H and O–H groups in total. The molecule has 0 radical (unpaired) electrons. The van der Waals surface area contributed by atoms with Crippen molar-refractivity contribution >= 4 is 5.91 Å². The Morgan fingerprint density at radius 2 is 2.00 bits per heavy atom. The molecule has 104 valence electrons. The highest BCUT2D eigenvalue weighted by atomic mass is 16.1. The highest BCUT2D eigenvalue weighted by Gasteiger charge is 2.30. The van der Waals surface area contributed by atoms with E-state index in [9.17, 15) is 4.79 Å². The average Bonchev–Trinajstić information content (AvgIpc) is 3.23. The van der Waals surface area contributed by atoms with E-state index >= 15 is 0 Å². The summed E-state index contributed by atoms with van der Waals surface area (Å²) in [6.07, 6.45) is 7.04. The smallest absolute Gasteiger partial charge is 0.219 e. The van der Waals surface area contributed by atoms with E-state index in [4.69, 9.17) is 0 Å². The quantitative estimate of drug-likeness (QED) is 0.711. The number of carbonyl (C=O) groups is 1. The van der Waals surface area contributed by atoms with Gasteiger partial charge in [0, 0.05) is 26.1 Å². The average molecular weight is 253 g/mol. The first kappa shape index (κ1) is 13.8. The molecule has 18 heavy (non-hydrogen) atoms. The van der Waals surface area contributed by atoms with Crippen LogP contribution in [0.3, 0.4) is 0 Å². The minimum Gasteiger partial charge on any atom is -0.359 e. The highest BCUT2D eigenvalue weighted by Crippen LogP contribution is 2.29. The van der Waals surface area contributed by atoms with Crippen LogP contribution in [0.4, 0.5) is 0 Å². The Morgan fingerprint density at radius 1 is 1.28 bits per heavy atom. The molecule has 0 atom stereocenters. The maximum absolute atomic E-state index is 11.2. The Bertz CT molecular complexity index is 260. The van der Waals surface area contributed by atoms with E-state index in [1.54, 1.807) is 7.05 Å². The fraction of sp³-hybridized carbons (Fsp3) is 0.929. The molecule has 4 heteroatoms. The number of nitrogens with one attached hydrogen (secondary N) is 2. The SMILES string of the molecule is CNC(=O)CCCN(CC1CCNCC1)C1CC1.